The minimum Gasteiger partial charge on any atom is -0.369 e. The lowest BCUT2D eigenvalue weighted by Crippen LogP contribution is -2.39. The lowest BCUT2D eigenvalue weighted by molar-refractivity contribution is -0.123. The van der Waals surface area contributed by atoms with E-state index in [0.29, 0.717) is 12.5 Å². The number of nitrogens with two attached hydrogens (primary N) is 1. The highest BCUT2D eigenvalue weighted by atomic mass is 16.2. The van der Waals surface area contributed by atoms with Crippen molar-refractivity contribution in [3.05, 3.63) is 35.4 Å². The Hall–Kier alpha value is -1.92. The summed E-state index contributed by atoms with van der Waals surface area (Å²) in [6.45, 7) is 5.59. The van der Waals surface area contributed by atoms with E-state index in [-0.39, 0.29) is 17.7 Å². The fourth-order valence-electron chi connectivity index (χ4n) is 4.09. The average Bonchev–Trinajstić information content (AvgIpc) is 2.72. The molecule has 2 aliphatic rings. The number of amides is 2. The first-order chi connectivity index (χ1) is 13.1. The Kier molecular flexibility index (Phi) is 7.24. The maximum Gasteiger partial charge on any atom is 0.251 e. The van der Waals surface area contributed by atoms with E-state index in [9.17, 15) is 9.59 Å². The molecule has 2 fully saturated rings. The van der Waals surface area contributed by atoms with Crippen LogP contribution in [0.1, 0.15) is 53.9 Å². The van der Waals surface area contributed by atoms with Crippen molar-refractivity contribution in [3.63, 3.8) is 0 Å². The molecule has 0 radical (unpaired) electrons. The number of hydrogen-bond acceptors (Lipinski definition) is 4. The van der Waals surface area contributed by atoms with Crippen molar-refractivity contribution >= 4 is 11.8 Å². The number of benzene rings is 1. The number of nitrogens with one attached hydrogen (secondary N) is 2. The first-order valence-electron chi connectivity index (χ1n) is 10.2. The van der Waals surface area contributed by atoms with Gasteiger partial charge in [0, 0.05) is 24.6 Å². The zero-order chi connectivity index (χ0) is 19.1. The van der Waals surface area contributed by atoms with Crippen molar-refractivity contribution in [2.45, 2.75) is 38.0 Å². The van der Waals surface area contributed by atoms with Crippen molar-refractivity contribution in [1.29, 1.82) is 0 Å². The average molecular weight is 373 g/mol. The molecule has 2 amide bonds. The van der Waals surface area contributed by atoms with Crippen molar-refractivity contribution in [2.75, 3.05) is 39.3 Å². The number of primary amides is 1. The highest BCUT2D eigenvalue weighted by Gasteiger charge is 2.22. The summed E-state index contributed by atoms with van der Waals surface area (Å²) in [6.07, 6.45) is 5.05. The third-order valence-corrected chi connectivity index (χ3v) is 5.87. The number of piperidine rings is 2. The fourth-order valence-corrected chi connectivity index (χ4v) is 4.09. The van der Waals surface area contributed by atoms with Crippen LogP contribution in [0.25, 0.3) is 0 Å². The quantitative estimate of drug-likeness (QED) is 0.633. The molecule has 1 aromatic rings. The van der Waals surface area contributed by atoms with Gasteiger partial charge in [0.1, 0.15) is 0 Å². The molecule has 6 nitrogen and oxygen atoms in total. The molecule has 3 rings (SSSR count). The van der Waals surface area contributed by atoms with Crippen LogP contribution in [0.4, 0.5) is 0 Å². The zero-order valence-electron chi connectivity index (χ0n) is 16.1. The Morgan fingerprint density at radius 1 is 1.15 bits per heavy atom. The summed E-state index contributed by atoms with van der Waals surface area (Å²) < 4.78 is 0. The standard InChI is InChI=1S/C21H32N4O2/c22-20(26)17-8-13-25(14-9-17)12-2-11-24-21(27)18-6-4-16(5-7-18)19-3-1-10-23-15-19/h4-7,17,19,23H,1-3,8-15H2,(H2,22,26)(H,24,27)/t19-/m1/s1. The highest BCUT2D eigenvalue weighted by Crippen LogP contribution is 2.23. The lowest BCUT2D eigenvalue weighted by Gasteiger charge is -2.30. The summed E-state index contributed by atoms with van der Waals surface area (Å²) in [5.41, 5.74) is 7.41. The van der Waals surface area contributed by atoms with Gasteiger partial charge in [-0.05, 0) is 81.9 Å². The third-order valence-electron chi connectivity index (χ3n) is 5.87. The molecule has 0 saturated carbocycles. The molecule has 0 aliphatic carbocycles. The number of hydrogen-bond donors (Lipinski definition) is 3. The monoisotopic (exact) mass is 372 g/mol. The summed E-state index contributed by atoms with van der Waals surface area (Å²) in [5.74, 6) is 0.423. The van der Waals surface area contributed by atoms with Crippen LogP contribution in [0.3, 0.4) is 0 Å². The van der Waals surface area contributed by atoms with Gasteiger partial charge in [0.25, 0.3) is 5.91 Å². The van der Waals surface area contributed by atoms with E-state index in [0.717, 1.165) is 57.5 Å². The molecule has 6 heteroatoms. The van der Waals surface area contributed by atoms with Crippen LogP contribution in [0.2, 0.25) is 0 Å². The number of carbonyl (C=O) groups is 2. The van der Waals surface area contributed by atoms with Crippen LogP contribution in [-0.2, 0) is 4.79 Å². The van der Waals surface area contributed by atoms with Crippen LogP contribution in [0.15, 0.2) is 24.3 Å². The van der Waals surface area contributed by atoms with Gasteiger partial charge in [0.05, 0.1) is 0 Å². The van der Waals surface area contributed by atoms with E-state index in [1.807, 2.05) is 12.1 Å². The minimum atomic E-state index is -0.173. The van der Waals surface area contributed by atoms with Gasteiger partial charge in [-0.3, -0.25) is 9.59 Å². The Bertz CT molecular complexity index is 618. The van der Waals surface area contributed by atoms with Gasteiger partial charge >= 0.3 is 0 Å². The minimum absolute atomic E-state index is 0.00393. The molecular formula is C21H32N4O2. The van der Waals surface area contributed by atoms with E-state index >= 15 is 0 Å². The predicted molar refractivity (Wildman–Crippen MR) is 107 cm³/mol. The van der Waals surface area contributed by atoms with Gasteiger partial charge in [-0.2, -0.15) is 0 Å². The van der Waals surface area contributed by atoms with Crippen LogP contribution in [-0.4, -0.2) is 56.0 Å². The first kappa shape index (κ1) is 19.8. The second-order valence-electron chi connectivity index (χ2n) is 7.79. The maximum absolute atomic E-state index is 12.3. The van der Waals surface area contributed by atoms with Gasteiger partial charge in [0.15, 0.2) is 0 Å². The molecule has 2 saturated heterocycles. The Balaban J connectivity index is 1.35. The topological polar surface area (TPSA) is 87.5 Å². The van der Waals surface area contributed by atoms with Gasteiger partial charge < -0.3 is 21.3 Å². The molecule has 2 heterocycles. The van der Waals surface area contributed by atoms with E-state index in [2.05, 4.69) is 27.7 Å². The van der Waals surface area contributed by atoms with Gasteiger partial charge in [0.2, 0.25) is 5.91 Å². The van der Waals surface area contributed by atoms with Crippen LogP contribution in [0.5, 0.6) is 0 Å². The van der Waals surface area contributed by atoms with Crippen LogP contribution in [0, 0.1) is 5.92 Å². The molecule has 1 aromatic carbocycles. The van der Waals surface area contributed by atoms with Crippen molar-refractivity contribution in [1.82, 2.24) is 15.5 Å². The first-order valence-corrected chi connectivity index (χ1v) is 10.2. The van der Waals surface area contributed by atoms with E-state index in [1.54, 1.807) is 0 Å². The summed E-state index contributed by atoms with van der Waals surface area (Å²) in [5, 5.41) is 6.45. The molecule has 0 bridgehead atoms. The molecule has 0 unspecified atom stereocenters. The Labute approximate surface area is 161 Å². The molecule has 1 atom stereocenters. The van der Waals surface area contributed by atoms with Gasteiger partial charge in [-0.1, -0.05) is 12.1 Å². The van der Waals surface area contributed by atoms with Crippen molar-refractivity contribution < 1.29 is 9.59 Å². The highest BCUT2D eigenvalue weighted by molar-refractivity contribution is 5.94. The SMILES string of the molecule is NC(=O)C1CCN(CCCNC(=O)c2ccc([C@@H]3CCCNC3)cc2)CC1. The van der Waals surface area contributed by atoms with E-state index in [1.165, 1.54) is 18.4 Å². The fraction of sp³-hybridized carbons (Fsp3) is 0.619. The normalized spacial score (nSPS) is 21.7. The summed E-state index contributed by atoms with van der Waals surface area (Å²) in [6, 6.07) is 8.06. The maximum atomic E-state index is 12.3. The molecular weight excluding hydrogens is 340 g/mol. The lowest BCUT2D eigenvalue weighted by atomic mass is 9.91. The number of carbonyl (C=O) groups excluding carboxylic acids is 2. The molecule has 0 aromatic heterocycles. The van der Waals surface area contributed by atoms with Crippen LogP contribution >= 0.6 is 0 Å². The smallest absolute Gasteiger partial charge is 0.251 e. The van der Waals surface area contributed by atoms with E-state index in [4.69, 9.17) is 5.73 Å². The molecule has 4 N–H and O–H groups in total. The predicted octanol–water partition coefficient (Wildman–Crippen LogP) is 1.47. The molecule has 27 heavy (non-hydrogen) atoms. The second kappa shape index (κ2) is 9.85. The third kappa shape index (κ3) is 5.78. The molecule has 148 valence electrons. The van der Waals surface area contributed by atoms with Crippen molar-refractivity contribution in [2.24, 2.45) is 11.7 Å². The molecule has 0 spiro atoms. The number of likely N-dealkylation sites (tertiary alicyclic amines) is 1. The summed E-state index contributed by atoms with van der Waals surface area (Å²) >= 11 is 0. The summed E-state index contributed by atoms with van der Waals surface area (Å²) in [4.78, 5) is 25.9. The van der Waals surface area contributed by atoms with E-state index < -0.39 is 0 Å². The Morgan fingerprint density at radius 2 is 1.89 bits per heavy atom. The van der Waals surface area contributed by atoms with Gasteiger partial charge in [-0.15, -0.1) is 0 Å². The van der Waals surface area contributed by atoms with Crippen molar-refractivity contribution in [3.8, 4) is 0 Å². The summed E-state index contributed by atoms with van der Waals surface area (Å²) in [7, 11) is 0. The number of nitrogens with zero attached hydrogens (tertiary/aromatic N) is 1. The second-order valence-corrected chi connectivity index (χ2v) is 7.79. The Morgan fingerprint density at radius 3 is 2.52 bits per heavy atom. The largest absolute Gasteiger partial charge is 0.369 e. The van der Waals surface area contributed by atoms with Gasteiger partial charge in [-0.25, -0.2) is 0 Å². The van der Waals surface area contributed by atoms with Crippen LogP contribution < -0.4 is 16.4 Å². The molecule has 2 aliphatic heterocycles. The number of rotatable bonds is 7. The zero-order valence-corrected chi connectivity index (χ0v) is 16.1.